The Balaban J connectivity index is 2.14. The summed E-state index contributed by atoms with van der Waals surface area (Å²) in [6.45, 7) is 2.43. The van der Waals surface area contributed by atoms with E-state index in [1.54, 1.807) is 0 Å². The molecule has 0 saturated carbocycles. The number of likely N-dealkylation sites (tertiary alicyclic amines) is 1. The van der Waals surface area contributed by atoms with Crippen LogP contribution in [0.1, 0.15) is 24.4 Å². The lowest BCUT2D eigenvalue weighted by molar-refractivity contribution is 0.147. The molecule has 82 valence electrons. The summed E-state index contributed by atoms with van der Waals surface area (Å²) < 4.78 is 1.09. The van der Waals surface area contributed by atoms with Crippen molar-refractivity contribution in [1.82, 2.24) is 4.90 Å². The minimum atomic E-state index is 0.181. The van der Waals surface area contributed by atoms with E-state index in [2.05, 4.69) is 33.0 Å². The van der Waals surface area contributed by atoms with Crippen LogP contribution in [0.5, 0.6) is 0 Å². The lowest BCUT2D eigenvalue weighted by atomic mass is 10.1. The number of halogens is 1. The largest absolute Gasteiger partial charge is 0.394 e. The van der Waals surface area contributed by atoms with Crippen molar-refractivity contribution in [1.29, 1.82) is 0 Å². The first-order valence-electron chi connectivity index (χ1n) is 5.41. The van der Waals surface area contributed by atoms with Crippen molar-refractivity contribution in [2.24, 2.45) is 0 Å². The Morgan fingerprint density at radius 2 is 1.80 bits per heavy atom. The summed E-state index contributed by atoms with van der Waals surface area (Å²) in [6.07, 6.45) is 2.51. The van der Waals surface area contributed by atoms with Gasteiger partial charge in [-0.25, -0.2) is 0 Å². The molecule has 0 aliphatic carbocycles. The van der Waals surface area contributed by atoms with Crippen LogP contribution in [-0.2, 0) is 0 Å². The van der Waals surface area contributed by atoms with E-state index in [1.807, 2.05) is 12.1 Å². The zero-order valence-electron chi connectivity index (χ0n) is 8.69. The Hall–Kier alpha value is -0.380. The van der Waals surface area contributed by atoms with E-state index in [4.69, 9.17) is 0 Å². The van der Waals surface area contributed by atoms with E-state index >= 15 is 0 Å². The number of nitrogens with zero attached hydrogens (tertiary/aromatic N) is 1. The highest BCUT2D eigenvalue weighted by molar-refractivity contribution is 9.10. The van der Waals surface area contributed by atoms with Crippen LogP contribution < -0.4 is 0 Å². The third-order valence-corrected chi connectivity index (χ3v) is 3.54. The Morgan fingerprint density at radius 3 is 2.33 bits per heavy atom. The third kappa shape index (κ3) is 2.60. The molecule has 1 aromatic rings. The van der Waals surface area contributed by atoms with E-state index in [9.17, 15) is 5.11 Å². The van der Waals surface area contributed by atoms with Gasteiger partial charge in [-0.3, -0.25) is 4.90 Å². The number of rotatable bonds is 3. The van der Waals surface area contributed by atoms with Gasteiger partial charge < -0.3 is 5.11 Å². The molecule has 0 amide bonds. The molecule has 1 aliphatic heterocycles. The van der Waals surface area contributed by atoms with Gasteiger partial charge in [0.25, 0.3) is 0 Å². The summed E-state index contributed by atoms with van der Waals surface area (Å²) in [7, 11) is 0. The summed E-state index contributed by atoms with van der Waals surface area (Å²) in [6, 6.07) is 8.43. The van der Waals surface area contributed by atoms with Crippen molar-refractivity contribution >= 4 is 15.9 Å². The zero-order chi connectivity index (χ0) is 10.7. The molecule has 1 N–H and O–H groups in total. The molecule has 2 nitrogen and oxygen atoms in total. The molecule has 0 aromatic heterocycles. The lowest BCUT2D eigenvalue weighted by Gasteiger charge is -2.26. The summed E-state index contributed by atoms with van der Waals surface area (Å²) in [5, 5.41) is 9.46. The second-order valence-electron chi connectivity index (χ2n) is 3.99. The second kappa shape index (κ2) is 5.10. The number of benzene rings is 1. The van der Waals surface area contributed by atoms with Gasteiger partial charge in [0, 0.05) is 4.47 Å². The Morgan fingerprint density at radius 1 is 1.20 bits per heavy atom. The first-order chi connectivity index (χ1) is 7.31. The molecular weight excluding hydrogens is 254 g/mol. The molecule has 3 heteroatoms. The van der Waals surface area contributed by atoms with Crippen LogP contribution in [0.3, 0.4) is 0 Å². The van der Waals surface area contributed by atoms with Crippen LogP contribution in [0, 0.1) is 0 Å². The fourth-order valence-corrected chi connectivity index (χ4v) is 2.43. The van der Waals surface area contributed by atoms with E-state index in [0.29, 0.717) is 0 Å². The average molecular weight is 270 g/mol. The number of aliphatic hydroxyl groups is 1. The summed E-state index contributed by atoms with van der Waals surface area (Å²) in [4.78, 5) is 2.36. The van der Waals surface area contributed by atoms with E-state index in [1.165, 1.54) is 18.4 Å². The monoisotopic (exact) mass is 269 g/mol. The Labute approximate surface area is 99.0 Å². The smallest absolute Gasteiger partial charge is 0.0628 e. The SMILES string of the molecule is OC[C@H](c1ccc(Br)cc1)N1CCCC1. The molecule has 0 bridgehead atoms. The van der Waals surface area contributed by atoms with Crippen LogP contribution in [-0.4, -0.2) is 29.7 Å². The van der Waals surface area contributed by atoms with Gasteiger partial charge in [0.1, 0.15) is 0 Å². The van der Waals surface area contributed by atoms with E-state index in [0.717, 1.165) is 17.6 Å². The molecule has 0 radical (unpaired) electrons. The number of hydrogen-bond acceptors (Lipinski definition) is 2. The zero-order valence-corrected chi connectivity index (χ0v) is 10.3. The molecule has 1 aliphatic rings. The summed E-state index contributed by atoms with van der Waals surface area (Å²) in [5.41, 5.74) is 1.21. The quantitative estimate of drug-likeness (QED) is 0.912. The average Bonchev–Trinajstić information content (AvgIpc) is 2.75. The maximum absolute atomic E-state index is 9.46. The molecule has 1 atom stereocenters. The normalized spacial score (nSPS) is 19.3. The van der Waals surface area contributed by atoms with Crippen molar-refractivity contribution in [2.45, 2.75) is 18.9 Å². The van der Waals surface area contributed by atoms with Gasteiger partial charge in [0.2, 0.25) is 0 Å². The second-order valence-corrected chi connectivity index (χ2v) is 4.91. The van der Waals surface area contributed by atoms with Gasteiger partial charge >= 0.3 is 0 Å². The van der Waals surface area contributed by atoms with E-state index < -0.39 is 0 Å². The highest BCUT2D eigenvalue weighted by atomic mass is 79.9. The topological polar surface area (TPSA) is 23.5 Å². The van der Waals surface area contributed by atoms with Gasteiger partial charge in [-0.2, -0.15) is 0 Å². The van der Waals surface area contributed by atoms with Gasteiger partial charge in [0.05, 0.1) is 12.6 Å². The highest BCUT2D eigenvalue weighted by Crippen LogP contribution is 2.25. The molecule has 1 heterocycles. The van der Waals surface area contributed by atoms with Crippen LogP contribution in [0.15, 0.2) is 28.7 Å². The van der Waals surface area contributed by atoms with Crippen molar-refractivity contribution in [2.75, 3.05) is 19.7 Å². The van der Waals surface area contributed by atoms with Crippen molar-refractivity contribution in [3.63, 3.8) is 0 Å². The molecule has 1 saturated heterocycles. The number of hydrogen-bond donors (Lipinski definition) is 1. The summed E-state index contributed by atoms with van der Waals surface area (Å²) >= 11 is 3.42. The van der Waals surface area contributed by atoms with Crippen LogP contribution in [0.25, 0.3) is 0 Å². The van der Waals surface area contributed by atoms with Gasteiger partial charge in [0.15, 0.2) is 0 Å². The van der Waals surface area contributed by atoms with Crippen molar-refractivity contribution in [3.8, 4) is 0 Å². The fraction of sp³-hybridized carbons (Fsp3) is 0.500. The third-order valence-electron chi connectivity index (χ3n) is 3.01. The van der Waals surface area contributed by atoms with Crippen molar-refractivity contribution in [3.05, 3.63) is 34.3 Å². The standard InChI is InChI=1S/C12H16BrNO/c13-11-5-3-10(4-6-11)12(9-15)14-7-1-2-8-14/h3-6,12,15H,1-2,7-9H2/t12-/m1/s1. The van der Waals surface area contributed by atoms with Crippen LogP contribution in [0.4, 0.5) is 0 Å². The molecule has 1 aromatic carbocycles. The van der Waals surface area contributed by atoms with Crippen LogP contribution >= 0.6 is 15.9 Å². The maximum atomic E-state index is 9.46. The highest BCUT2D eigenvalue weighted by Gasteiger charge is 2.22. The minimum Gasteiger partial charge on any atom is -0.394 e. The predicted octanol–water partition coefficient (Wildman–Crippen LogP) is 2.58. The molecule has 15 heavy (non-hydrogen) atoms. The van der Waals surface area contributed by atoms with Crippen LogP contribution in [0.2, 0.25) is 0 Å². The predicted molar refractivity (Wildman–Crippen MR) is 64.8 cm³/mol. The lowest BCUT2D eigenvalue weighted by Crippen LogP contribution is -2.28. The minimum absolute atomic E-state index is 0.181. The van der Waals surface area contributed by atoms with Gasteiger partial charge in [-0.1, -0.05) is 28.1 Å². The molecule has 2 rings (SSSR count). The molecule has 0 unspecified atom stereocenters. The number of aliphatic hydroxyl groups excluding tert-OH is 1. The fourth-order valence-electron chi connectivity index (χ4n) is 2.17. The Bertz CT molecular complexity index is 306. The maximum Gasteiger partial charge on any atom is 0.0628 e. The van der Waals surface area contributed by atoms with Crippen molar-refractivity contribution < 1.29 is 5.11 Å². The van der Waals surface area contributed by atoms with Gasteiger partial charge in [-0.15, -0.1) is 0 Å². The first kappa shape index (κ1) is 11.1. The van der Waals surface area contributed by atoms with E-state index in [-0.39, 0.29) is 12.6 Å². The molecule has 1 fully saturated rings. The summed E-state index contributed by atoms with van der Waals surface area (Å²) in [5.74, 6) is 0. The van der Waals surface area contributed by atoms with Gasteiger partial charge in [-0.05, 0) is 43.6 Å². The molecule has 0 spiro atoms. The Kier molecular flexibility index (Phi) is 3.78. The first-order valence-corrected chi connectivity index (χ1v) is 6.21. The molecular formula is C12H16BrNO.